The highest BCUT2D eigenvalue weighted by atomic mass is 16.5. The molecule has 0 atom stereocenters. The topological polar surface area (TPSA) is 77.2 Å². The van der Waals surface area contributed by atoms with Crippen molar-refractivity contribution in [1.29, 1.82) is 0 Å². The molecule has 0 aliphatic heterocycles. The number of ether oxygens (including phenoxy) is 1. The first-order chi connectivity index (χ1) is 8.72. The Bertz CT molecular complexity index is 569. The lowest BCUT2D eigenvalue weighted by Gasteiger charge is -2.09. The summed E-state index contributed by atoms with van der Waals surface area (Å²) in [5.74, 6) is -0.236. The average Bonchev–Trinajstić information content (AvgIpc) is 2.39. The predicted octanol–water partition coefficient (Wildman–Crippen LogP) is 1.79. The lowest BCUT2D eigenvalue weighted by Crippen LogP contribution is -2.10. The SMILES string of the molecule is COC(=O)CCNc1ccnc2c(N)cccc12. The molecule has 0 fully saturated rings. The van der Waals surface area contributed by atoms with Crippen LogP contribution >= 0.6 is 0 Å². The van der Waals surface area contributed by atoms with Crippen molar-refractivity contribution in [2.45, 2.75) is 6.42 Å². The Morgan fingerprint density at radius 2 is 2.28 bits per heavy atom. The minimum absolute atomic E-state index is 0.236. The van der Waals surface area contributed by atoms with Gasteiger partial charge in [0.05, 0.1) is 24.7 Å². The van der Waals surface area contributed by atoms with Crippen molar-refractivity contribution in [1.82, 2.24) is 4.98 Å². The van der Waals surface area contributed by atoms with E-state index < -0.39 is 0 Å². The molecule has 0 saturated heterocycles. The number of aromatic nitrogens is 1. The first-order valence-electron chi connectivity index (χ1n) is 5.66. The zero-order valence-corrected chi connectivity index (χ0v) is 10.1. The zero-order chi connectivity index (χ0) is 13.0. The van der Waals surface area contributed by atoms with E-state index in [4.69, 9.17) is 5.73 Å². The van der Waals surface area contributed by atoms with Crippen LogP contribution in [0.15, 0.2) is 30.5 Å². The van der Waals surface area contributed by atoms with Crippen molar-refractivity contribution in [2.24, 2.45) is 0 Å². The minimum atomic E-state index is -0.236. The van der Waals surface area contributed by atoms with Crippen LogP contribution < -0.4 is 11.1 Å². The van der Waals surface area contributed by atoms with Gasteiger partial charge in [0.15, 0.2) is 0 Å². The van der Waals surface area contributed by atoms with Crippen molar-refractivity contribution in [2.75, 3.05) is 24.7 Å². The average molecular weight is 245 g/mol. The molecule has 2 aromatic rings. The number of carbonyl (C=O) groups excluding carboxylic acids is 1. The second-order valence-corrected chi connectivity index (χ2v) is 3.85. The van der Waals surface area contributed by atoms with E-state index >= 15 is 0 Å². The summed E-state index contributed by atoms with van der Waals surface area (Å²) in [6.45, 7) is 0.514. The van der Waals surface area contributed by atoms with Gasteiger partial charge in [0.25, 0.3) is 0 Å². The molecule has 0 bridgehead atoms. The third-order valence-electron chi connectivity index (χ3n) is 2.67. The highest BCUT2D eigenvalue weighted by Gasteiger charge is 2.05. The molecule has 18 heavy (non-hydrogen) atoms. The van der Waals surface area contributed by atoms with E-state index in [9.17, 15) is 4.79 Å². The number of benzene rings is 1. The number of nitrogens with zero attached hydrogens (tertiary/aromatic N) is 1. The second-order valence-electron chi connectivity index (χ2n) is 3.85. The van der Waals surface area contributed by atoms with E-state index in [1.807, 2.05) is 24.3 Å². The van der Waals surface area contributed by atoms with Crippen molar-refractivity contribution in [3.8, 4) is 0 Å². The second kappa shape index (κ2) is 5.35. The molecule has 1 heterocycles. The maximum absolute atomic E-state index is 11.0. The molecule has 94 valence electrons. The summed E-state index contributed by atoms with van der Waals surface area (Å²) in [7, 11) is 1.38. The largest absolute Gasteiger partial charge is 0.469 e. The minimum Gasteiger partial charge on any atom is -0.469 e. The Hall–Kier alpha value is -2.30. The Balaban J connectivity index is 2.18. The monoisotopic (exact) mass is 245 g/mol. The number of methoxy groups -OCH3 is 1. The van der Waals surface area contributed by atoms with Crippen LogP contribution in [0.4, 0.5) is 11.4 Å². The molecule has 0 amide bonds. The van der Waals surface area contributed by atoms with Crippen LogP contribution in [-0.4, -0.2) is 24.6 Å². The molecule has 3 N–H and O–H groups in total. The van der Waals surface area contributed by atoms with Crippen LogP contribution in [0.5, 0.6) is 0 Å². The number of nitrogens with two attached hydrogens (primary N) is 1. The first kappa shape index (κ1) is 12.2. The van der Waals surface area contributed by atoms with Crippen molar-refractivity contribution in [3.63, 3.8) is 0 Å². The number of para-hydroxylation sites is 1. The van der Waals surface area contributed by atoms with Gasteiger partial charge < -0.3 is 15.8 Å². The van der Waals surface area contributed by atoms with Gasteiger partial charge in [0.1, 0.15) is 0 Å². The Labute approximate surface area is 105 Å². The molecule has 0 saturated carbocycles. The quantitative estimate of drug-likeness (QED) is 0.634. The summed E-state index contributed by atoms with van der Waals surface area (Å²) in [5.41, 5.74) is 8.18. The maximum atomic E-state index is 11.0. The number of pyridine rings is 1. The van der Waals surface area contributed by atoms with Gasteiger partial charge in [-0.1, -0.05) is 12.1 Å². The number of nitrogen functional groups attached to an aromatic ring is 1. The van der Waals surface area contributed by atoms with Gasteiger partial charge in [0.2, 0.25) is 0 Å². The van der Waals surface area contributed by atoms with Crippen molar-refractivity contribution in [3.05, 3.63) is 30.5 Å². The molecular formula is C13H15N3O2. The summed E-state index contributed by atoms with van der Waals surface area (Å²) >= 11 is 0. The van der Waals surface area contributed by atoms with Gasteiger partial charge in [-0.25, -0.2) is 0 Å². The summed E-state index contributed by atoms with van der Waals surface area (Å²) in [6, 6.07) is 7.50. The standard InChI is InChI=1S/C13H15N3O2/c1-18-12(17)6-8-15-11-5-7-16-13-9(11)3-2-4-10(13)14/h2-5,7H,6,8,14H2,1H3,(H,15,16). The number of nitrogens with one attached hydrogen (secondary N) is 1. The fourth-order valence-corrected chi connectivity index (χ4v) is 1.75. The molecule has 0 aliphatic carbocycles. The number of anilines is 2. The van der Waals surface area contributed by atoms with E-state index in [1.165, 1.54) is 7.11 Å². The molecule has 5 heteroatoms. The fourth-order valence-electron chi connectivity index (χ4n) is 1.75. The molecule has 5 nitrogen and oxygen atoms in total. The number of rotatable bonds is 4. The van der Waals surface area contributed by atoms with E-state index in [-0.39, 0.29) is 5.97 Å². The molecule has 0 aliphatic rings. The number of fused-ring (bicyclic) bond motifs is 1. The van der Waals surface area contributed by atoms with Gasteiger partial charge in [-0.2, -0.15) is 0 Å². The van der Waals surface area contributed by atoms with E-state index in [2.05, 4.69) is 15.0 Å². The highest BCUT2D eigenvalue weighted by molar-refractivity contribution is 5.97. The predicted molar refractivity (Wildman–Crippen MR) is 71.3 cm³/mol. The molecular weight excluding hydrogens is 230 g/mol. The third-order valence-corrected chi connectivity index (χ3v) is 2.67. The van der Waals surface area contributed by atoms with Crippen LogP contribution in [0.3, 0.4) is 0 Å². The maximum Gasteiger partial charge on any atom is 0.307 e. The normalized spacial score (nSPS) is 10.3. The number of esters is 1. The summed E-state index contributed by atoms with van der Waals surface area (Å²) < 4.78 is 4.58. The molecule has 1 aromatic carbocycles. The summed E-state index contributed by atoms with van der Waals surface area (Å²) in [5, 5.41) is 4.13. The zero-order valence-electron chi connectivity index (χ0n) is 10.1. The van der Waals surface area contributed by atoms with E-state index in [1.54, 1.807) is 6.20 Å². The number of hydrogen-bond donors (Lipinski definition) is 2. The van der Waals surface area contributed by atoms with E-state index in [0.29, 0.717) is 18.7 Å². The van der Waals surface area contributed by atoms with Crippen LogP contribution in [0.2, 0.25) is 0 Å². The summed E-state index contributed by atoms with van der Waals surface area (Å²) in [4.78, 5) is 15.3. The lowest BCUT2D eigenvalue weighted by atomic mass is 10.1. The van der Waals surface area contributed by atoms with Gasteiger partial charge in [0, 0.05) is 23.8 Å². The Kier molecular flexibility index (Phi) is 3.62. The van der Waals surface area contributed by atoms with Crippen LogP contribution in [-0.2, 0) is 9.53 Å². The molecule has 0 spiro atoms. The van der Waals surface area contributed by atoms with Crippen molar-refractivity contribution < 1.29 is 9.53 Å². The molecule has 0 radical (unpaired) electrons. The smallest absolute Gasteiger partial charge is 0.307 e. The van der Waals surface area contributed by atoms with Crippen LogP contribution in [0.25, 0.3) is 10.9 Å². The van der Waals surface area contributed by atoms with Gasteiger partial charge >= 0.3 is 5.97 Å². The van der Waals surface area contributed by atoms with Crippen molar-refractivity contribution >= 4 is 28.2 Å². The Morgan fingerprint density at radius 1 is 1.44 bits per heavy atom. The molecule has 2 rings (SSSR count). The van der Waals surface area contributed by atoms with Crippen LogP contribution in [0, 0.1) is 0 Å². The Morgan fingerprint density at radius 3 is 3.06 bits per heavy atom. The van der Waals surface area contributed by atoms with E-state index in [0.717, 1.165) is 16.6 Å². The lowest BCUT2D eigenvalue weighted by molar-refractivity contribution is -0.140. The molecule has 0 unspecified atom stereocenters. The highest BCUT2D eigenvalue weighted by Crippen LogP contribution is 2.25. The van der Waals surface area contributed by atoms with Gasteiger partial charge in [-0.15, -0.1) is 0 Å². The third kappa shape index (κ3) is 2.51. The number of hydrogen-bond acceptors (Lipinski definition) is 5. The number of carbonyl (C=O) groups is 1. The summed E-state index contributed by atoms with van der Waals surface area (Å²) in [6.07, 6.45) is 2.02. The van der Waals surface area contributed by atoms with Gasteiger partial charge in [-0.3, -0.25) is 9.78 Å². The van der Waals surface area contributed by atoms with Gasteiger partial charge in [-0.05, 0) is 12.1 Å². The molecule has 1 aromatic heterocycles. The van der Waals surface area contributed by atoms with Crippen LogP contribution in [0.1, 0.15) is 6.42 Å². The first-order valence-corrected chi connectivity index (χ1v) is 5.66. The fraction of sp³-hybridized carbons (Fsp3) is 0.231.